The summed E-state index contributed by atoms with van der Waals surface area (Å²) >= 11 is 0. The van der Waals surface area contributed by atoms with Gasteiger partial charge in [0, 0.05) is 24.2 Å². The van der Waals surface area contributed by atoms with Gasteiger partial charge in [0.1, 0.15) is 5.75 Å². The Kier molecular flexibility index (Phi) is 3.53. The van der Waals surface area contributed by atoms with Crippen molar-refractivity contribution in [3.05, 3.63) is 23.8 Å². The van der Waals surface area contributed by atoms with E-state index in [9.17, 15) is 0 Å². The average molecular weight is 311 g/mol. The highest BCUT2D eigenvalue weighted by molar-refractivity contribution is 5.64. The Balaban J connectivity index is 1.43. The summed E-state index contributed by atoms with van der Waals surface area (Å²) in [6.07, 6.45) is 14.1. The number of rotatable bonds is 2. The maximum absolute atomic E-state index is 6.35. The number of fused-ring (bicyclic) bond motifs is 3. The first-order chi connectivity index (χ1) is 11.4. The third-order valence-electron chi connectivity index (χ3n) is 6.88. The van der Waals surface area contributed by atoms with E-state index in [0.717, 1.165) is 23.6 Å². The van der Waals surface area contributed by atoms with Crippen molar-refractivity contribution in [2.45, 2.75) is 82.3 Å². The van der Waals surface area contributed by atoms with Crippen molar-refractivity contribution in [3.63, 3.8) is 0 Å². The van der Waals surface area contributed by atoms with Crippen molar-refractivity contribution in [3.8, 4) is 5.75 Å². The molecule has 0 spiro atoms. The predicted octanol–water partition coefficient (Wildman–Crippen LogP) is 5.26. The fourth-order valence-corrected chi connectivity index (χ4v) is 5.89. The first kappa shape index (κ1) is 14.2. The van der Waals surface area contributed by atoms with E-state index in [1.807, 2.05) is 0 Å². The van der Waals surface area contributed by atoms with Crippen LogP contribution in [0.1, 0.15) is 75.7 Å². The molecule has 1 aromatic carbocycles. The van der Waals surface area contributed by atoms with Crippen LogP contribution in [-0.4, -0.2) is 18.7 Å². The van der Waals surface area contributed by atoms with E-state index >= 15 is 0 Å². The molecule has 2 nitrogen and oxygen atoms in total. The van der Waals surface area contributed by atoms with Gasteiger partial charge in [-0.1, -0.05) is 12.8 Å². The summed E-state index contributed by atoms with van der Waals surface area (Å²) in [5.74, 6) is 2.86. The lowest BCUT2D eigenvalue weighted by molar-refractivity contribution is 0.155. The van der Waals surface area contributed by atoms with Gasteiger partial charge in [-0.15, -0.1) is 0 Å². The number of ether oxygens (including phenoxy) is 1. The monoisotopic (exact) mass is 311 g/mol. The Bertz CT molecular complexity index is 575. The lowest BCUT2D eigenvalue weighted by Crippen LogP contribution is -2.46. The van der Waals surface area contributed by atoms with Crippen molar-refractivity contribution < 1.29 is 4.74 Å². The molecule has 3 fully saturated rings. The third kappa shape index (κ3) is 2.37. The van der Waals surface area contributed by atoms with Gasteiger partial charge in [-0.05, 0) is 81.0 Å². The lowest BCUT2D eigenvalue weighted by Gasteiger charge is -2.43. The first-order valence-electron chi connectivity index (χ1n) is 9.97. The summed E-state index contributed by atoms with van der Waals surface area (Å²) in [6, 6.07) is 7.83. The maximum Gasteiger partial charge on any atom is 0.120 e. The van der Waals surface area contributed by atoms with Gasteiger partial charge in [0.15, 0.2) is 0 Å². The van der Waals surface area contributed by atoms with Crippen LogP contribution in [0.15, 0.2) is 18.2 Å². The third-order valence-corrected chi connectivity index (χ3v) is 6.88. The molecule has 0 aromatic heterocycles. The number of hydrogen-bond acceptors (Lipinski definition) is 2. The second-order valence-electron chi connectivity index (χ2n) is 8.22. The van der Waals surface area contributed by atoms with Gasteiger partial charge in [0.25, 0.3) is 0 Å². The van der Waals surface area contributed by atoms with Gasteiger partial charge in [0.2, 0.25) is 0 Å². The van der Waals surface area contributed by atoms with E-state index in [0.29, 0.717) is 6.10 Å². The zero-order chi connectivity index (χ0) is 15.2. The second-order valence-corrected chi connectivity index (χ2v) is 8.22. The molecular formula is C21H29NO. The van der Waals surface area contributed by atoms with Gasteiger partial charge < -0.3 is 9.64 Å². The SMILES string of the molecule is c1cc2c(cc1OC1CCCCC1)C1CCCC3CCCN2C31. The molecule has 3 atom stereocenters. The van der Waals surface area contributed by atoms with Crippen LogP contribution in [-0.2, 0) is 0 Å². The molecule has 1 aromatic rings. The number of piperidine rings is 1. The van der Waals surface area contributed by atoms with Crippen molar-refractivity contribution >= 4 is 5.69 Å². The first-order valence-corrected chi connectivity index (χ1v) is 9.97. The zero-order valence-corrected chi connectivity index (χ0v) is 14.2. The highest BCUT2D eigenvalue weighted by atomic mass is 16.5. The van der Waals surface area contributed by atoms with E-state index in [1.165, 1.54) is 76.4 Å². The Morgan fingerprint density at radius 1 is 0.870 bits per heavy atom. The van der Waals surface area contributed by atoms with Gasteiger partial charge in [-0.25, -0.2) is 0 Å². The highest BCUT2D eigenvalue weighted by Gasteiger charge is 2.46. The summed E-state index contributed by atoms with van der Waals surface area (Å²) < 4.78 is 6.35. The van der Waals surface area contributed by atoms with Gasteiger partial charge in [-0.3, -0.25) is 0 Å². The van der Waals surface area contributed by atoms with Gasteiger partial charge in [-0.2, -0.15) is 0 Å². The van der Waals surface area contributed by atoms with Crippen molar-refractivity contribution in [1.29, 1.82) is 0 Å². The van der Waals surface area contributed by atoms with Crippen molar-refractivity contribution in [2.75, 3.05) is 11.4 Å². The number of nitrogens with zero attached hydrogens (tertiary/aromatic N) is 1. The van der Waals surface area contributed by atoms with Gasteiger partial charge >= 0.3 is 0 Å². The number of benzene rings is 1. The molecule has 0 amide bonds. The predicted molar refractivity (Wildman–Crippen MR) is 94.4 cm³/mol. The van der Waals surface area contributed by atoms with Crippen LogP contribution in [0.25, 0.3) is 0 Å². The fourth-order valence-electron chi connectivity index (χ4n) is 5.89. The fraction of sp³-hybridized carbons (Fsp3) is 0.714. The van der Waals surface area contributed by atoms with Gasteiger partial charge in [0.05, 0.1) is 6.10 Å². The summed E-state index contributed by atoms with van der Waals surface area (Å²) in [5, 5.41) is 0. The summed E-state index contributed by atoms with van der Waals surface area (Å²) in [6.45, 7) is 1.27. The molecule has 5 rings (SSSR count). The lowest BCUT2D eigenvalue weighted by atomic mass is 9.72. The quantitative estimate of drug-likeness (QED) is 0.738. The van der Waals surface area contributed by atoms with Crippen LogP contribution in [0.2, 0.25) is 0 Å². The zero-order valence-electron chi connectivity index (χ0n) is 14.2. The van der Waals surface area contributed by atoms with E-state index in [2.05, 4.69) is 23.1 Å². The molecule has 3 unspecified atom stereocenters. The molecule has 2 aliphatic carbocycles. The molecule has 1 saturated heterocycles. The Hall–Kier alpha value is -1.18. The van der Waals surface area contributed by atoms with Crippen LogP contribution >= 0.6 is 0 Å². The molecule has 0 radical (unpaired) electrons. The maximum atomic E-state index is 6.35. The number of anilines is 1. The minimum atomic E-state index is 0.463. The molecule has 0 bridgehead atoms. The van der Waals surface area contributed by atoms with Crippen LogP contribution in [0, 0.1) is 5.92 Å². The Labute approximate surface area is 140 Å². The molecule has 4 aliphatic rings. The minimum Gasteiger partial charge on any atom is -0.490 e. The van der Waals surface area contributed by atoms with E-state index in [1.54, 1.807) is 5.56 Å². The molecule has 0 N–H and O–H groups in total. The molecule has 2 heteroatoms. The summed E-state index contributed by atoms with van der Waals surface area (Å²) in [7, 11) is 0. The van der Waals surface area contributed by atoms with E-state index in [-0.39, 0.29) is 0 Å². The Morgan fingerprint density at radius 3 is 2.65 bits per heavy atom. The smallest absolute Gasteiger partial charge is 0.120 e. The molecule has 2 aliphatic heterocycles. The van der Waals surface area contributed by atoms with E-state index < -0.39 is 0 Å². The summed E-state index contributed by atoms with van der Waals surface area (Å²) in [4.78, 5) is 2.75. The molecule has 2 heterocycles. The average Bonchev–Trinajstić information content (AvgIpc) is 2.92. The normalized spacial score (nSPS) is 33.2. The molecular weight excluding hydrogens is 282 g/mol. The Morgan fingerprint density at radius 2 is 1.74 bits per heavy atom. The van der Waals surface area contributed by atoms with Crippen molar-refractivity contribution in [1.82, 2.24) is 0 Å². The standard InChI is InChI=1S/C21H29NO/c1-2-8-16(9-3-1)23-17-11-12-20-19(14-17)18-10-4-6-15-7-5-13-22(20)21(15)18/h11-12,14-16,18,21H,1-10,13H2. The minimum absolute atomic E-state index is 0.463. The molecule has 124 valence electrons. The van der Waals surface area contributed by atoms with Crippen LogP contribution in [0.3, 0.4) is 0 Å². The largest absolute Gasteiger partial charge is 0.490 e. The topological polar surface area (TPSA) is 12.5 Å². The van der Waals surface area contributed by atoms with Crippen LogP contribution in [0.4, 0.5) is 5.69 Å². The van der Waals surface area contributed by atoms with Crippen LogP contribution < -0.4 is 9.64 Å². The highest BCUT2D eigenvalue weighted by Crippen LogP contribution is 2.53. The van der Waals surface area contributed by atoms with E-state index in [4.69, 9.17) is 4.74 Å². The summed E-state index contributed by atoms with van der Waals surface area (Å²) in [5.41, 5.74) is 3.14. The van der Waals surface area contributed by atoms with Crippen molar-refractivity contribution in [2.24, 2.45) is 5.92 Å². The van der Waals surface area contributed by atoms with Crippen LogP contribution in [0.5, 0.6) is 5.75 Å². The molecule has 23 heavy (non-hydrogen) atoms. The number of hydrogen-bond donors (Lipinski definition) is 0. The second kappa shape index (κ2) is 5.72. The molecule has 2 saturated carbocycles.